The zero-order valence-corrected chi connectivity index (χ0v) is 11.4. The Balaban J connectivity index is 2.52. The van der Waals surface area contributed by atoms with Crippen LogP contribution in [0.5, 0.6) is 0 Å². The number of halogens is 2. The first kappa shape index (κ1) is 10.3. The lowest BCUT2D eigenvalue weighted by Gasteiger charge is -2.01. The Morgan fingerprint density at radius 3 is 2.64 bits per heavy atom. The summed E-state index contributed by atoms with van der Waals surface area (Å²) in [4.78, 5) is 8.52. The molecule has 0 aromatic carbocycles. The van der Waals surface area contributed by atoms with E-state index in [9.17, 15) is 0 Å². The molecule has 0 atom stereocenters. The van der Waals surface area contributed by atoms with Gasteiger partial charge in [-0.2, -0.15) is 0 Å². The minimum absolute atomic E-state index is 0.981. The second-order valence-electron chi connectivity index (χ2n) is 2.74. The van der Waals surface area contributed by atoms with E-state index in [0.717, 1.165) is 15.0 Å². The summed E-state index contributed by atoms with van der Waals surface area (Å²) in [6.45, 7) is 0. The molecule has 0 spiro atoms. The summed E-state index contributed by atoms with van der Waals surface area (Å²) in [6.07, 6.45) is 3.59. The van der Waals surface area contributed by atoms with Crippen molar-refractivity contribution in [1.82, 2.24) is 9.97 Å². The van der Waals surface area contributed by atoms with Crippen molar-refractivity contribution >= 4 is 45.2 Å². The molecule has 0 fully saturated rings. The van der Waals surface area contributed by atoms with Gasteiger partial charge >= 0.3 is 0 Å². The van der Waals surface area contributed by atoms with Gasteiger partial charge in [0.1, 0.15) is 3.70 Å². The molecule has 0 saturated heterocycles. The van der Waals surface area contributed by atoms with E-state index in [0.29, 0.717) is 0 Å². The molecule has 0 bridgehead atoms. The first-order valence-corrected chi connectivity index (χ1v) is 6.15. The monoisotopic (exact) mass is 408 g/mol. The van der Waals surface area contributed by atoms with Crippen LogP contribution >= 0.6 is 45.2 Å². The van der Waals surface area contributed by atoms with Crippen LogP contribution in [-0.2, 0) is 0 Å². The fourth-order valence-electron chi connectivity index (χ4n) is 1.13. The molecule has 0 amide bonds. The van der Waals surface area contributed by atoms with Crippen molar-refractivity contribution in [3.63, 3.8) is 0 Å². The number of nitrogens with zero attached hydrogens (tertiary/aromatic N) is 2. The molecule has 2 rings (SSSR count). The van der Waals surface area contributed by atoms with Crippen molar-refractivity contribution in [3.8, 4) is 11.3 Å². The molecule has 2 aromatic heterocycles. The molecule has 14 heavy (non-hydrogen) atoms. The SMILES string of the molecule is Ic1cc(I)nc(-c2cccnc2)c1. The fraction of sp³-hybridized carbons (Fsp3) is 0. The van der Waals surface area contributed by atoms with Crippen molar-refractivity contribution in [3.05, 3.63) is 43.9 Å². The Morgan fingerprint density at radius 1 is 1.14 bits per heavy atom. The molecule has 70 valence electrons. The molecule has 4 heteroatoms. The molecule has 0 aliphatic heterocycles. The van der Waals surface area contributed by atoms with Crippen LogP contribution in [0.3, 0.4) is 0 Å². The predicted molar refractivity (Wildman–Crippen MR) is 72.9 cm³/mol. The molecular weight excluding hydrogens is 402 g/mol. The lowest BCUT2D eigenvalue weighted by atomic mass is 10.2. The average molecular weight is 408 g/mol. The van der Waals surface area contributed by atoms with Crippen molar-refractivity contribution < 1.29 is 0 Å². The molecule has 2 heterocycles. The van der Waals surface area contributed by atoms with E-state index in [4.69, 9.17) is 0 Å². The number of pyridine rings is 2. The summed E-state index contributed by atoms with van der Waals surface area (Å²) < 4.78 is 2.20. The van der Waals surface area contributed by atoms with Crippen LogP contribution in [0.15, 0.2) is 36.7 Å². The molecule has 0 unspecified atom stereocenters. The van der Waals surface area contributed by atoms with Gasteiger partial charge in [-0.05, 0) is 69.4 Å². The Hall–Kier alpha value is -0.240. The summed E-state index contributed by atoms with van der Waals surface area (Å²) in [5, 5.41) is 0. The van der Waals surface area contributed by atoms with E-state index in [1.807, 2.05) is 24.4 Å². The van der Waals surface area contributed by atoms with Crippen molar-refractivity contribution in [2.24, 2.45) is 0 Å². The highest BCUT2D eigenvalue weighted by molar-refractivity contribution is 14.1. The van der Waals surface area contributed by atoms with Crippen LogP contribution in [0.25, 0.3) is 11.3 Å². The highest BCUT2D eigenvalue weighted by atomic mass is 127. The smallest absolute Gasteiger partial charge is 0.103 e. The van der Waals surface area contributed by atoms with E-state index in [2.05, 4.69) is 61.2 Å². The number of hydrogen-bond donors (Lipinski definition) is 0. The van der Waals surface area contributed by atoms with Crippen LogP contribution in [0.1, 0.15) is 0 Å². The van der Waals surface area contributed by atoms with Gasteiger partial charge in [-0.1, -0.05) is 0 Å². The third kappa shape index (κ3) is 2.41. The van der Waals surface area contributed by atoms with Gasteiger partial charge in [0.15, 0.2) is 0 Å². The lowest BCUT2D eigenvalue weighted by Crippen LogP contribution is -1.88. The van der Waals surface area contributed by atoms with E-state index in [-0.39, 0.29) is 0 Å². The zero-order valence-electron chi connectivity index (χ0n) is 7.11. The Bertz CT molecular complexity index is 423. The first-order chi connectivity index (χ1) is 6.75. The average Bonchev–Trinajstić information content (AvgIpc) is 2.18. The van der Waals surface area contributed by atoms with E-state index >= 15 is 0 Å². The zero-order chi connectivity index (χ0) is 9.97. The fourth-order valence-corrected chi connectivity index (χ4v) is 2.91. The number of rotatable bonds is 1. The van der Waals surface area contributed by atoms with E-state index in [1.54, 1.807) is 6.20 Å². The standard InChI is InChI=1S/C10H6I2N2/c11-8-4-9(14-10(12)5-8)7-2-1-3-13-6-7/h1-6H. The third-order valence-electron chi connectivity index (χ3n) is 1.72. The van der Waals surface area contributed by atoms with E-state index < -0.39 is 0 Å². The second-order valence-corrected chi connectivity index (χ2v) is 5.09. The maximum Gasteiger partial charge on any atom is 0.103 e. The van der Waals surface area contributed by atoms with Gasteiger partial charge in [-0.25, -0.2) is 4.98 Å². The van der Waals surface area contributed by atoms with Gasteiger partial charge < -0.3 is 0 Å². The van der Waals surface area contributed by atoms with Gasteiger partial charge in [0, 0.05) is 21.5 Å². The van der Waals surface area contributed by atoms with Crippen LogP contribution in [0, 0.1) is 7.27 Å². The van der Waals surface area contributed by atoms with Crippen molar-refractivity contribution in [2.45, 2.75) is 0 Å². The number of hydrogen-bond acceptors (Lipinski definition) is 2. The topological polar surface area (TPSA) is 25.8 Å². The van der Waals surface area contributed by atoms with Crippen LogP contribution < -0.4 is 0 Å². The maximum absolute atomic E-state index is 4.45. The molecule has 2 nitrogen and oxygen atoms in total. The molecule has 0 aliphatic carbocycles. The Labute approximate surface area is 109 Å². The quantitative estimate of drug-likeness (QED) is 0.535. The van der Waals surface area contributed by atoms with Gasteiger partial charge in [-0.3, -0.25) is 4.98 Å². The normalized spacial score (nSPS) is 10.1. The summed E-state index contributed by atoms with van der Waals surface area (Å²) in [6, 6.07) is 8.03. The van der Waals surface area contributed by atoms with Gasteiger partial charge in [-0.15, -0.1) is 0 Å². The van der Waals surface area contributed by atoms with Gasteiger partial charge in [0.05, 0.1) is 5.69 Å². The molecule has 0 saturated carbocycles. The highest BCUT2D eigenvalue weighted by Crippen LogP contribution is 2.19. The summed E-state index contributed by atoms with van der Waals surface area (Å²) >= 11 is 4.51. The second kappa shape index (κ2) is 4.52. The largest absolute Gasteiger partial charge is 0.264 e. The summed E-state index contributed by atoms with van der Waals surface area (Å²) in [5.74, 6) is 0. The minimum Gasteiger partial charge on any atom is -0.264 e. The van der Waals surface area contributed by atoms with Crippen molar-refractivity contribution in [1.29, 1.82) is 0 Å². The van der Waals surface area contributed by atoms with Crippen molar-refractivity contribution in [2.75, 3.05) is 0 Å². The first-order valence-electron chi connectivity index (χ1n) is 3.99. The highest BCUT2D eigenvalue weighted by Gasteiger charge is 2.01. The van der Waals surface area contributed by atoms with Crippen LogP contribution in [0.2, 0.25) is 0 Å². The van der Waals surface area contributed by atoms with E-state index in [1.165, 1.54) is 3.57 Å². The van der Waals surface area contributed by atoms with Gasteiger partial charge in [0.25, 0.3) is 0 Å². The third-order valence-corrected chi connectivity index (χ3v) is 2.89. The lowest BCUT2D eigenvalue weighted by molar-refractivity contribution is 1.24. The van der Waals surface area contributed by atoms with Gasteiger partial charge in [0.2, 0.25) is 0 Å². The summed E-state index contributed by atoms with van der Waals surface area (Å²) in [7, 11) is 0. The molecular formula is C10H6I2N2. The number of aromatic nitrogens is 2. The Kier molecular flexibility index (Phi) is 3.32. The molecule has 0 radical (unpaired) electrons. The van der Waals surface area contributed by atoms with Crippen LogP contribution in [0.4, 0.5) is 0 Å². The predicted octanol–water partition coefficient (Wildman–Crippen LogP) is 3.35. The molecule has 0 aliphatic rings. The molecule has 2 aromatic rings. The minimum atomic E-state index is 0.981. The molecule has 0 N–H and O–H groups in total. The maximum atomic E-state index is 4.45. The summed E-state index contributed by atoms with van der Waals surface area (Å²) in [5.41, 5.74) is 2.04. The Morgan fingerprint density at radius 2 is 2.00 bits per heavy atom. The van der Waals surface area contributed by atoms with Crippen LogP contribution in [-0.4, -0.2) is 9.97 Å².